The van der Waals surface area contributed by atoms with Crippen LogP contribution < -0.4 is 5.32 Å². The smallest absolute Gasteiger partial charge is 0.270 e. The number of nitrogens with one attached hydrogen (secondary N) is 2. The maximum Gasteiger partial charge on any atom is 0.270 e. The monoisotopic (exact) mass is 292 g/mol. The van der Waals surface area contributed by atoms with E-state index in [1.165, 1.54) is 0 Å². The lowest BCUT2D eigenvalue weighted by Crippen LogP contribution is -2.24. The van der Waals surface area contributed by atoms with E-state index in [1.54, 1.807) is 24.8 Å². The van der Waals surface area contributed by atoms with Gasteiger partial charge in [0.05, 0.1) is 41.2 Å². The molecule has 0 aliphatic carbocycles. The third kappa shape index (κ3) is 1.99. The van der Waals surface area contributed by atoms with Crippen LogP contribution in [0.4, 0.5) is 0 Å². The number of aromatic nitrogens is 5. The first-order valence-corrected chi connectivity index (χ1v) is 6.80. The highest BCUT2D eigenvalue weighted by Gasteiger charge is 2.13. The van der Waals surface area contributed by atoms with E-state index in [0.717, 1.165) is 16.7 Å². The Labute approximate surface area is 125 Å². The fourth-order valence-electron chi connectivity index (χ4n) is 2.43. The summed E-state index contributed by atoms with van der Waals surface area (Å²) in [7, 11) is 0. The first-order chi connectivity index (χ1) is 10.8. The molecule has 0 aliphatic heterocycles. The Kier molecular flexibility index (Phi) is 2.82. The van der Waals surface area contributed by atoms with Crippen molar-refractivity contribution in [3.63, 3.8) is 0 Å². The van der Waals surface area contributed by atoms with E-state index in [-0.39, 0.29) is 5.91 Å². The largest absolute Gasteiger partial charge is 0.345 e. The second-order valence-corrected chi connectivity index (χ2v) is 4.86. The van der Waals surface area contributed by atoms with Gasteiger partial charge in [0.15, 0.2) is 0 Å². The molecule has 4 rings (SSSR count). The van der Waals surface area contributed by atoms with Crippen molar-refractivity contribution in [3.05, 3.63) is 60.6 Å². The quantitative estimate of drug-likeness (QED) is 0.599. The zero-order chi connectivity index (χ0) is 14.9. The van der Waals surface area contributed by atoms with Crippen molar-refractivity contribution in [1.82, 2.24) is 29.9 Å². The number of amides is 1. The topological polar surface area (TPSA) is 88.0 Å². The lowest BCUT2D eigenvalue weighted by Gasteiger charge is -2.04. The molecule has 0 spiro atoms. The van der Waals surface area contributed by atoms with Crippen molar-refractivity contribution in [2.45, 2.75) is 6.54 Å². The Hall–Kier alpha value is -3.22. The average molecular weight is 292 g/mol. The van der Waals surface area contributed by atoms with E-state index in [2.05, 4.69) is 25.5 Å². The normalized spacial score (nSPS) is 11.1. The van der Waals surface area contributed by atoms with Gasteiger partial charge in [-0.1, -0.05) is 6.07 Å². The van der Waals surface area contributed by atoms with Crippen LogP contribution in [-0.4, -0.2) is 30.5 Å². The van der Waals surface area contributed by atoms with Gasteiger partial charge in [0.1, 0.15) is 5.69 Å². The molecule has 0 radical (unpaired) electrons. The van der Waals surface area contributed by atoms with Crippen molar-refractivity contribution in [2.24, 2.45) is 0 Å². The highest BCUT2D eigenvalue weighted by atomic mass is 16.1. The van der Waals surface area contributed by atoms with E-state index >= 15 is 0 Å². The summed E-state index contributed by atoms with van der Waals surface area (Å²) in [5.41, 5.74) is 2.92. The Morgan fingerprint density at radius 3 is 3.18 bits per heavy atom. The van der Waals surface area contributed by atoms with Crippen LogP contribution in [0.15, 0.2) is 49.2 Å². The van der Waals surface area contributed by atoms with Crippen molar-refractivity contribution in [2.75, 3.05) is 0 Å². The fourth-order valence-corrected chi connectivity index (χ4v) is 2.43. The number of imidazole rings is 1. The molecule has 0 aliphatic rings. The van der Waals surface area contributed by atoms with Gasteiger partial charge in [-0.25, -0.2) is 4.98 Å². The van der Waals surface area contributed by atoms with Gasteiger partial charge in [0.2, 0.25) is 0 Å². The summed E-state index contributed by atoms with van der Waals surface area (Å²) in [5, 5.41) is 10.3. The minimum Gasteiger partial charge on any atom is -0.345 e. The molecule has 22 heavy (non-hydrogen) atoms. The molecule has 0 aromatic carbocycles. The Bertz CT molecular complexity index is 970. The number of nitrogens with zero attached hydrogens (tertiary/aromatic N) is 4. The van der Waals surface area contributed by atoms with Crippen LogP contribution in [-0.2, 0) is 6.54 Å². The molecule has 7 nitrogen and oxygen atoms in total. The molecular formula is C15H12N6O. The number of carbonyl (C=O) groups is 1. The molecule has 0 fully saturated rings. The number of pyridine rings is 2. The predicted molar refractivity (Wildman–Crippen MR) is 80.3 cm³/mol. The second-order valence-electron chi connectivity index (χ2n) is 4.86. The van der Waals surface area contributed by atoms with E-state index < -0.39 is 0 Å². The highest BCUT2D eigenvalue weighted by Crippen LogP contribution is 2.14. The number of hydrogen-bond donors (Lipinski definition) is 2. The summed E-state index contributed by atoms with van der Waals surface area (Å²) in [6.45, 7) is 0.343. The van der Waals surface area contributed by atoms with Crippen LogP contribution in [0.1, 0.15) is 16.2 Å². The van der Waals surface area contributed by atoms with E-state index in [1.807, 2.05) is 28.8 Å². The zero-order valence-corrected chi connectivity index (χ0v) is 11.5. The van der Waals surface area contributed by atoms with E-state index in [9.17, 15) is 4.79 Å². The van der Waals surface area contributed by atoms with Crippen molar-refractivity contribution in [3.8, 4) is 0 Å². The Morgan fingerprint density at radius 1 is 1.27 bits per heavy atom. The van der Waals surface area contributed by atoms with Crippen LogP contribution in [0.3, 0.4) is 0 Å². The predicted octanol–water partition coefficient (Wildman–Crippen LogP) is 1.54. The number of fused-ring (bicyclic) bond motifs is 2. The SMILES string of the molecule is O=C(NCc1ncn2ccccc12)c1nccc2[nH]ncc12. The zero-order valence-electron chi connectivity index (χ0n) is 11.5. The minimum atomic E-state index is -0.246. The molecule has 0 saturated carbocycles. The van der Waals surface area contributed by atoms with Gasteiger partial charge in [-0.05, 0) is 18.2 Å². The first kappa shape index (κ1) is 12.5. The summed E-state index contributed by atoms with van der Waals surface area (Å²) in [5.74, 6) is -0.246. The summed E-state index contributed by atoms with van der Waals surface area (Å²) in [6.07, 6.45) is 6.83. The van der Waals surface area contributed by atoms with Gasteiger partial charge in [-0.15, -0.1) is 0 Å². The molecule has 108 valence electrons. The number of H-pyrrole nitrogens is 1. The third-order valence-electron chi connectivity index (χ3n) is 3.52. The lowest BCUT2D eigenvalue weighted by molar-refractivity contribution is 0.0947. The summed E-state index contributed by atoms with van der Waals surface area (Å²) in [4.78, 5) is 20.8. The highest BCUT2D eigenvalue weighted by molar-refractivity contribution is 6.04. The molecule has 0 bridgehead atoms. The molecule has 0 saturated heterocycles. The number of carbonyl (C=O) groups excluding carboxylic acids is 1. The van der Waals surface area contributed by atoms with Crippen LogP contribution in [0.2, 0.25) is 0 Å². The number of aromatic amines is 1. The van der Waals surface area contributed by atoms with Crippen molar-refractivity contribution in [1.29, 1.82) is 0 Å². The Morgan fingerprint density at radius 2 is 2.23 bits per heavy atom. The van der Waals surface area contributed by atoms with Gasteiger partial charge >= 0.3 is 0 Å². The summed E-state index contributed by atoms with van der Waals surface area (Å²) < 4.78 is 1.91. The third-order valence-corrected chi connectivity index (χ3v) is 3.52. The van der Waals surface area contributed by atoms with Crippen molar-refractivity contribution >= 4 is 22.3 Å². The Balaban J connectivity index is 1.59. The summed E-state index contributed by atoms with van der Waals surface area (Å²) in [6, 6.07) is 7.61. The van der Waals surface area contributed by atoms with Crippen molar-refractivity contribution < 1.29 is 4.79 Å². The van der Waals surface area contributed by atoms with Crippen LogP contribution in [0.25, 0.3) is 16.4 Å². The van der Waals surface area contributed by atoms with E-state index in [4.69, 9.17) is 0 Å². The number of rotatable bonds is 3. The molecule has 4 heterocycles. The molecule has 0 unspecified atom stereocenters. The van der Waals surface area contributed by atoms with Gasteiger partial charge in [0, 0.05) is 12.4 Å². The van der Waals surface area contributed by atoms with Gasteiger partial charge in [-0.3, -0.25) is 14.9 Å². The maximum atomic E-state index is 12.3. The molecule has 7 heteroatoms. The second kappa shape index (κ2) is 4.96. The van der Waals surface area contributed by atoms with Gasteiger partial charge in [-0.2, -0.15) is 5.10 Å². The molecule has 4 aromatic heterocycles. The lowest BCUT2D eigenvalue weighted by atomic mass is 10.2. The molecule has 4 aromatic rings. The van der Waals surface area contributed by atoms with Crippen LogP contribution >= 0.6 is 0 Å². The number of hydrogen-bond acceptors (Lipinski definition) is 4. The standard InChI is InChI=1S/C15H12N6O/c22-15(14-10-7-19-20-11(10)4-5-16-14)17-8-12-13-3-1-2-6-21(13)9-18-12/h1-7,9H,8H2,(H,17,22)(H,19,20). The molecule has 2 N–H and O–H groups in total. The first-order valence-electron chi connectivity index (χ1n) is 6.80. The molecular weight excluding hydrogens is 280 g/mol. The molecule has 0 atom stereocenters. The minimum absolute atomic E-state index is 0.246. The average Bonchev–Trinajstić information content (AvgIpc) is 3.19. The fraction of sp³-hybridized carbons (Fsp3) is 0.0667. The maximum absolute atomic E-state index is 12.3. The van der Waals surface area contributed by atoms with Crippen LogP contribution in [0.5, 0.6) is 0 Å². The van der Waals surface area contributed by atoms with Gasteiger partial charge in [0.25, 0.3) is 5.91 Å². The molecule has 1 amide bonds. The van der Waals surface area contributed by atoms with E-state index in [0.29, 0.717) is 17.6 Å². The summed E-state index contributed by atoms with van der Waals surface area (Å²) >= 11 is 0. The van der Waals surface area contributed by atoms with Crippen LogP contribution in [0, 0.1) is 0 Å². The van der Waals surface area contributed by atoms with Gasteiger partial charge < -0.3 is 9.72 Å².